The minimum atomic E-state index is -1.16. The number of aliphatic carboxylic acids is 1. The summed E-state index contributed by atoms with van der Waals surface area (Å²) < 4.78 is 19.7. The predicted octanol–water partition coefficient (Wildman–Crippen LogP) is 5.25. The van der Waals surface area contributed by atoms with Gasteiger partial charge in [-0.1, -0.05) is 56.3 Å². The number of aliphatic hydroxyl groups excluding tert-OH is 2. The molecule has 0 aliphatic heterocycles. The Morgan fingerprint density at radius 3 is 2.18 bits per heavy atom. The maximum absolute atomic E-state index is 13.6. The van der Waals surface area contributed by atoms with E-state index in [9.17, 15) is 19.4 Å². The van der Waals surface area contributed by atoms with E-state index in [1.807, 2.05) is 56.3 Å². The normalized spacial score (nSPS) is 13.0. The van der Waals surface area contributed by atoms with Crippen LogP contribution in [0.3, 0.4) is 0 Å². The SMILES string of the molecule is CC(C)c1cc(-c2ccccc2)cc(-c2ccc(F)cc2)c1OC[C@@H](O)C[C@@H](O)CC(=O)O. The number of aliphatic hydroxyl groups is 2. The molecule has 0 unspecified atom stereocenters. The van der Waals surface area contributed by atoms with Gasteiger partial charge in [-0.05, 0) is 52.4 Å². The van der Waals surface area contributed by atoms with Crippen LogP contribution >= 0.6 is 0 Å². The molecule has 0 saturated heterocycles. The van der Waals surface area contributed by atoms with E-state index in [2.05, 4.69) is 0 Å². The second-order valence-electron chi connectivity index (χ2n) is 8.42. The molecule has 0 aliphatic rings. The van der Waals surface area contributed by atoms with Crippen LogP contribution < -0.4 is 4.74 Å². The fourth-order valence-corrected chi connectivity index (χ4v) is 3.73. The van der Waals surface area contributed by atoms with Crippen molar-refractivity contribution in [2.45, 2.75) is 44.8 Å². The van der Waals surface area contributed by atoms with Crippen molar-refractivity contribution in [3.05, 3.63) is 78.1 Å². The number of halogens is 1. The topological polar surface area (TPSA) is 87.0 Å². The van der Waals surface area contributed by atoms with Crippen molar-refractivity contribution in [1.29, 1.82) is 0 Å². The number of hydrogen-bond acceptors (Lipinski definition) is 4. The molecule has 174 valence electrons. The fraction of sp³-hybridized carbons (Fsp3) is 0.296. The largest absolute Gasteiger partial charge is 0.490 e. The third kappa shape index (κ3) is 6.63. The Morgan fingerprint density at radius 1 is 0.909 bits per heavy atom. The fourth-order valence-electron chi connectivity index (χ4n) is 3.73. The summed E-state index contributed by atoms with van der Waals surface area (Å²) >= 11 is 0. The van der Waals surface area contributed by atoms with Crippen LogP contribution in [0.2, 0.25) is 0 Å². The maximum Gasteiger partial charge on any atom is 0.305 e. The summed E-state index contributed by atoms with van der Waals surface area (Å²) in [6, 6.07) is 20.1. The molecule has 0 bridgehead atoms. The highest BCUT2D eigenvalue weighted by atomic mass is 19.1. The summed E-state index contributed by atoms with van der Waals surface area (Å²) in [5, 5.41) is 28.9. The van der Waals surface area contributed by atoms with Crippen molar-refractivity contribution >= 4 is 5.97 Å². The number of rotatable bonds is 10. The molecule has 3 N–H and O–H groups in total. The average Bonchev–Trinajstić information content (AvgIpc) is 2.77. The molecule has 33 heavy (non-hydrogen) atoms. The van der Waals surface area contributed by atoms with Crippen LogP contribution in [0, 0.1) is 5.82 Å². The van der Waals surface area contributed by atoms with Crippen LogP contribution in [0.15, 0.2) is 66.7 Å². The second kappa shape index (κ2) is 11.1. The molecule has 0 radical (unpaired) electrons. The Balaban J connectivity index is 1.99. The van der Waals surface area contributed by atoms with Crippen LogP contribution in [0.25, 0.3) is 22.3 Å². The first kappa shape index (κ1) is 24.4. The van der Waals surface area contributed by atoms with Gasteiger partial charge in [0.25, 0.3) is 0 Å². The molecule has 6 heteroatoms. The van der Waals surface area contributed by atoms with Crippen LogP contribution in [-0.2, 0) is 4.79 Å². The first-order chi connectivity index (χ1) is 15.7. The van der Waals surface area contributed by atoms with Crippen LogP contribution in [0.4, 0.5) is 4.39 Å². The first-order valence-electron chi connectivity index (χ1n) is 10.9. The zero-order chi connectivity index (χ0) is 24.0. The Labute approximate surface area is 193 Å². The van der Waals surface area contributed by atoms with E-state index < -0.39 is 24.6 Å². The summed E-state index contributed by atoms with van der Waals surface area (Å²) in [4.78, 5) is 10.8. The van der Waals surface area contributed by atoms with E-state index in [-0.39, 0.29) is 24.8 Å². The monoisotopic (exact) mass is 452 g/mol. The summed E-state index contributed by atoms with van der Waals surface area (Å²) in [5.41, 5.74) is 4.48. The van der Waals surface area contributed by atoms with Gasteiger partial charge in [-0.25, -0.2) is 4.39 Å². The molecule has 0 saturated carbocycles. The van der Waals surface area contributed by atoms with Gasteiger partial charge < -0.3 is 20.1 Å². The van der Waals surface area contributed by atoms with Crippen molar-refractivity contribution in [1.82, 2.24) is 0 Å². The number of ether oxygens (including phenoxy) is 1. The zero-order valence-electron chi connectivity index (χ0n) is 18.7. The van der Waals surface area contributed by atoms with Crippen molar-refractivity contribution < 1.29 is 29.2 Å². The molecule has 3 rings (SSSR count). The average molecular weight is 453 g/mol. The lowest BCUT2D eigenvalue weighted by molar-refractivity contribution is -0.139. The van der Waals surface area contributed by atoms with Crippen LogP contribution in [-0.4, -0.2) is 40.1 Å². The van der Waals surface area contributed by atoms with Gasteiger partial charge in [0.1, 0.15) is 18.2 Å². The lowest BCUT2D eigenvalue weighted by atomic mass is 9.90. The highest BCUT2D eigenvalue weighted by molar-refractivity contribution is 5.80. The highest BCUT2D eigenvalue weighted by Crippen LogP contribution is 2.41. The molecule has 0 heterocycles. The van der Waals surface area contributed by atoms with Crippen molar-refractivity contribution in [2.24, 2.45) is 0 Å². The molecule has 0 fully saturated rings. The molecule has 3 aromatic carbocycles. The van der Waals surface area contributed by atoms with Gasteiger partial charge in [0.05, 0.1) is 18.6 Å². The Kier molecular flexibility index (Phi) is 8.20. The van der Waals surface area contributed by atoms with Gasteiger partial charge in [-0.3, -0.25) is 4.79 Å². The van der Waals surface area contributed by atoms with Crippen molar-refractivity contribution in [2.75, 3.05) is 6.61 Å². The third-order valence-electron chi connectivity index (χ3n) is 5.38. The minimum Gasteiger partial charge on any atom is -0.490 e. The van der Waals surface area contributed by atoms with Crippen molar-refractivity contribution in [3.63, 3.8) is 0 Å². The smallest absolute Gasteiger partial charge is 0.305 e. The minimum absolute atomic E-state index is 0.0950. The Hall–Kier alpha value is -3.22. The van der Waals surface area contributed by atoms with Gasteiger partial charge in [0, 0.05) is 12.0 Å². The number of benzene rings is 3. The molecule has 0 aromatic heterocycles. The van der Waals surface area contributed by atoms with Crippen LogP contribution in [0.1, 0.15) is 38.2 Å². The quantitative estimate of drug-likeness (QED) is 0.391. The van der Waals surface area contributed by atoms with Gasteiger partial charge >= 0.3 is 5.97 Å². The predicted molar refractivity (Wildman–Crippen MR) is 126 cm³/mol. The molecule has 2 atom stereocenters. The molecule has 0 amide bonds. The van der Waals surface area contributed by atoms with Crippen LogP contribution in [0.5, 0.6) is 5.75 Å². The van der Waals surface area contributed by atoms with Gasteiger partial charge in [0.15, 0.2) is 0 Å². The Bertz CT molecular complexity index is 1060. The molecule has 0 spiro atoms. The standard InChI is InChI=1S/C27H29FO5/c1-17(2)24-12-20(18-6-4-3-5-7-18)13-25(19-8-10-21(28)11-9-19)27(24)33-16-23(30)14-22(29)15-26(31)32/h3-13,17,22-23,29-30H,14-16H2,1-2H3,(H,31,32)/t22-,23+/m1/s1. The van der Waals surface area contributed by atoms with E-state index in [1.54, 1.807) is 12.1 Å². The molecule has 0 aliphatic carbocycles. The molecule has 5 nitrogen and oxygen atoms in total. The number of hydrogen-bond donors (Lipinski definition) is 3. The van der Waals surface area contributed by atoms with E-state index >= 15 is 0 Å². The number of carboxylic acids is 1. The molecular weight excluding hydrogens is 423 g/mol. The summed E-state index contributed by atoms with van der Waals surface area (Å²) in [6.07, 6.45) is -2.77. The van der Waals surface area contributed by atoms with E-state index in [0.29, 0.717) is 5.75 Å². The number of carbonyl (C=O) groups is 1. The summed E-state index contributed by atoms with van der Waals surface area (Å²) in [7, 11) is 0. The summed E-state index contributed by atoms with van der Waals surface area (Å²) in [6.45, 7) is 3.96. The van der Waals surface area contributed by atoms with Gasteiger partial charge in [-0.15, -0.1) is 0 Å². The maximum atomic E-state index is 13.6. The summed E-state index contributed by atoms with van der Waals surface area (Å²) in [5.74, 6) is -0.805. The molecule has 3 aromatic rings. The van der Waals surface area contributed by atoms with Gasteiger partial charge in [-0.2, -0.15) is 0 Å². The lowest BCUT2D eigenvalue weighted by Crippen LogP contribution is -2.25. The first-order valence-corrected chi connectivity index (χ1v) is 10.9. The number of carboxylic acid groups (broad SMARTS) is 1. The highest BCUT2D eigenvalue weighted by Gasteiger charge is 2.20. The van der Waals surface area contributed by atoms with Gasteiger partial charge in [0.2, 0.25) is 0 Å². The van der Waals surface area contributed by atoms with E-state index in [1.165, 1.54) is 12.1 Å². The van der Waals surface area contributed by atoms with E-state index in [0.717, 1.165) is 27.8 Å². The van der Waals surface area contributed by atoms with Crippen molar-refractivity contribution in [3.8, 4) is 28.0 Å². The third-order valence-corrected chi connectivity index (χ3v) is 5.38. The zero-order valence-corrected chi connectivity index (χ0v) is 18.7. The second-order valence-corrected chi connectivity index (χ2v) is 8.42. The Morgan fingerprint density at radius 2 is 1.58 bits per heavy atom. The molecular formula is C27H29FO5. The van der Waals surface area contributed by atoms with E-state index in [4.69, 9.17) is 9.84 Å². The lowest BCUT2D eigenvalue weighted by Gasteiger charge is -2.22.